The Morgan fingerprint density at radius 1 is 1.21 bits per heavy atom. The standard InChI is InChI=1S/C17H19NO5S/c1-7-8(2)24-15(11(7)17(22)23-3)18-14(19)12-9-4-5-10(6-9)13(12)16(20)21/h4-5,9-10,12-13H,6H2,1-3H3,(H,18,19)(H,20,21)/p-1/t9-,10-,12+,13+/m1/s1. The van der Waals surface area contributed by atoms with E-state index in [-0.39, 0.29) is 17.7 Å². The number of hydrogen-bond acceptors (Lipinski definition) is 6. The maximum Gasteiger partial charge on any atom is 0.341 e. The van der Waals surface area contributed by atoms with E-state index in [2.05, 4.69) is 5.32 Å². The minimum absolute atomic E-state index is 0.0957. The number of anilines is 1. The number of ether oxygens (including phenoxy) is 1. The summed E-state index contributed by atoms with van der Waals surface area (Å²) in [6, 6.07) is 0. The van der Waals surface area contributed by atoms with Crippen molar-refractivity contribution in [2.45, 2.75) is 20.3 Å². The first-order valence-corrected chi connectivity index (χ1v) is 8.55. The molecule has 0 spiro atoms. The minimum atomic E-state index is -1.20. The van der Waals surface area contributed by atoms with Gasteiger partial charge >= 0.3 is 5.97 Å². The normalized spacial score (nSPS) is 27.3. The van der Waals surface area contributed by atoms with E-state index in [1.807, 2.05) is 19.1 Å². The molecule has 1 heterocycles. The molecule has 128 valence electrons. The number of allylic oxidation sites excluding steroid dienone is 2. The summed E-state index contributed by atoms with van der Waals surface area (Å²) in [6.45, 7) is 3.64. The molecule has 2 aliphatic carbocycles. The Kier molecular flexibility index (Phi) is 4.21. The second-order valence-electron chi connectivity index (χ2n) is 6.29. The van der Waals surface area contributed by atoms with Gasteiger partial charge in [-0.1, -0.05) is 12.2 Å². The van der Waals surface area contributed by atoms with Crippen LogP contribution in [0.15, 0.2) is 12.2 Å². The molecule has 1 aromatic heterocycles. The molecular weight excluding hydrogens is 330 g/mol. The Labute approximate surface area is 143 Å². The highest BCUT2D eigenvalue weighted by Crippen LogP contribution is 2.48. The summed E-state index contributed by atoms with van der Waals surface area (Å²) in [5.41, 5.74) is 1.09. The predicted octanol–water partition coefficient (Wildman–Crippen LogP) is 1.28. The van der Waals surface area contributed by atoms with Gasteiger partial charge in [0.25, 0.3) is 0 Å². The third kappa shape index (κ3) is 2.53. The van der Waals surface area contributed by atoms with E-state index in [1.165, 1.54) is 18.4 Å². The number of esters is 1. The molecule has 0 aromatic carbocycles. The number of fused-ring (bicyclic) bond motifs is 2. The Bertz CT molecular complexity index is 750. The van der Waals surface area contributed by atoms with Crippen LogP contribution in [-0.2, 0) is 14.3 Å². The monoisotopic (exact) mass is 348 g/mol. The fourth-order valence-corrected chi connectivity index (χ4v) is 4.81. The van der Waals surface area contributed by atoms with Crippen molar-refractivity contribution in [3.63, 3.8) is 0 Å². The molecule has 7 heteroatoms. The fraction of sp³-hybridized carbons (Fsp3) is 0.471. The van der Waals surface area contributed by atoms with Crippen molar-refractivity contribution in [3.05, 3.63) is 28.2 Å². The summed E-state index contributed by atoms with van der Waals surface area (Å²) in [4.78, 5) is 37.1. The number of aryl methyl sites for hydroxylation is 1. The van der Waals surface area contributed by atoms with Gasteiger partial charge in [0.15, 0.2) is 0 Å². The second kappa shape index (κ2) is 6.05. The Morgan fingerprint density at radius 3 is 2.42 bits per heavy atom. The van der Waals surface area contributed by atoms with E-state index in [0.717, 1.165) is 10.4 Å². The molecule has 1 aromatic rings. The van der Waals surface area contributed by atoms with E-state index in [9.17, 15) is 19.5 Å². The number of amides is 1. The van der Waals surface area contributed by atoms with E-state index >= 15 is 0 Å². The maximum absolute atomic E-state index is 12.7. The van der Waals surface area contributed by atoms with Crippen LogP contribution in [0.3, 0.4) is 0 Å². The van der Waals surface area contributed by atoms with E-state index < -0.39 is 23.8 Å². The van der Waals surface area contributed by atoms with Crippen molar-refractivity contribution < 1.29 is 24.2 Å². The molecule has 24 heavy (non-hydrogen) atoms. The number of carboxylic acids is 1. The van der Waals surface area contributed by atoms with Gasteiger partial charge in [-0.25, -0.2) is 4.79 Å². The summed E-state index contributed by atoms with van der Waals surface area (Å²) in [6.07, 6.45) is 4.41. The quantitative estimate of drug-likeness (QED) is 0.653. The summed E-state index contributed by atoms with van der Waals surface area (Å²) >= 11 is 1.29. The van der Waals surface area contributed by atoms with Crippen molar-refractivity contribution in [3.8, 4) is 0 Å². The smallest absolute Gasteiger partial charge is 0.341 e. The number of carbonyl (C=O) groups excluding carboxylic acids is 3. The minimum Gasteiger partial charge on any atom is -0.550 e. The number of carbonyl (C=O) groups is 3. The average molecular weight is 348 g/mol. The Balaban J connectivity index is 1.88. The first-order valence-electron chi connectivity index (χ1n) is 7.73. The van der Waals surface area contributed by atoms with Gasteiger partial charge in [0, 0.05) is 16.8 Å². The van der Waals surface area contributed by atoms with Crippen LogP contribution in [0.4, 0.5) is 5.00 Å². The Hall–Kier alpha value is -2.15. The highest BCUT2D eigenvalue weighted by Gasteiger charge is 2.48. The Morgan fingerprint density at radius 2 is 1.83 bits per heavy atom. The van der Waals surface area contributed by atoms with Crippen LogP contribution in [0.25, 0.3) is 0 Å². The lowest BCUT2D eigenvalue weighted by Gasteiger charge is -2.27. The lowest BCUT2D eigenvalue weighted by molar-refractivity contribution is -0.313. The number of methoxy groups -OCH3 is 1. The van der Waals surface area contributed by atoms with Gasteiger partial charge in [-0.15, -0.1) is 11.3 Å². The molecular formula is C17H18NO5S-. The first kappa shape index (κ1) is 16.7. The molecule has 2 bridgehead atoms. The molecule has 4 atom stereocenters. The largest absolute Gasteiger partial charge is 0.550 e. The maximum atomic E-state index is 12.7. The zero-order valence-corrected chi connectivity index (χ0v) is 14.4. The van der Waals surface area contributed by atoms with E-state index in [0.29, 0.717) is 17.0 Å². The molecule has 0 aliphatic heterocycles. The lowest BCUT2D eigenvalue weighted by atomic mass is 9.82. The van der Waals surface area contributed by atoms with E-state index in [1.54, 1.807) is 6.92 Å². The zero-order chi connectivity index (χ0) is 17.6. The van der Waals surface area contributed by atoms with Gasteiger partial charge in [0.1, 0.15) is 5.00 Å². The van der Waals surface area contributed by atoms with Crippen LogP contribution in [0.2, 0.25) is 0 Å². The van der Waals surface area contributed by atoms with E-state index in [4.69, 9.17) is 4.74 Å². The molecule has 3 rings (SSSR count). The van der Waals surface area contributed by atoms with Crippen LogP contribution in [0.5, 0.6) is 0 Å². The number of hydrogen-bond donors (Lipinski definition) is 1. The summed E-state index contributed by atoms with van der Waals surface area (Å²) in [7, 11) is 1.28. The van der Waals surface area contributed by atoms with Gasteiger partial charge in [-0.3, -0.25) is 4.79 Å². The van der Waals surface area contributed by atoms with Crippen LogP contribution >= 0.6 is 11.3 Å². The molecule has 1 amide bonds. The molecule has 1 saturated carbocycles. The number of aliphatic carboxylic acids is 1. The topological polar surface area (TPSA) is 95.5 Å². The number of nitrogens with one attached hydrogen (secondary N) is 1. The molecule has 6 nitrogen and oxygen atoms in total. The van der Waals surface area contributed by atoms with Gasteiger partial charge in [0.2, 0.25) is 5.91 Å². The van der Waals surface area contributed by atoms with Crippen LogP contribution in [-0.4, -0.2) is 25.0 Å². The van der Waals surface area contributed by atoms with Gasteiger partial charge in [-0.05, 0) is 37.7 Å². The molecule has 2 aliphatic rings. The lowest BCUT2D eigenvalue weighted by Crippen LogP contribution is -2.42. The zero-order valence-electron chi connectivity index (χ0n) is 13.6. The molecule has 0 saturated heterocycles. The number of carboxylic acid groups (broad SMARTS) is 1. The van der Waals surface area contributed by atoms with Crippen LogP contribution in [0.1, 0.15) is 27.2 Å². The SMILES string of the molecule is COC(=O)c1c(NC(=O)[C@@H]2[C@@H](C(=O)[O-])[C@@H]3C=C[C@@H]2C3)sc(C)c1C. The highest BCUT2D eigenvalue weighted by molar-refractivity contribution is 7.16. The van der Waals surface area contributed by atoms with Crippen molar-refractivity contribution in [2.75, 3.05) is 12.4 Å². The molecule has 0 radical (unpaired) electrons. The van der Waals surface area contributed by atoms with Gasteiger partial charge in [-0.2, -0.15) is 0 Å². The van der Waals surface area contributed by atoms with Crippen molar-refractivity contribution in [1.82, 2.24) is 0 Å². The summed E-state index contributed by atoms with van der Waals surface area (Å²) in [5, 5.41) is 14.6. The first-order chi connectivity index (χ1) is 11.3. The van der Waals surface area contributed by atoms with Crippen LogP contribution in [0, 0.1) is 37.5 Å². The second-order valence-corrected chi connectivity index (χ2v) is 7.51. The summed E-state index contributed by atoms with van der Waals surface area (Å²) in [5.74, 6) is -3.83. The van der Waals surface area contributed by atoms with Crippen molar-refractivity contribution in [2.24, 2.45) is 23.7 Å². The van der Waals surface area contributed by atoms with Crippen molar-refractivity contribution >= 4 is 34.2 Å². The third-order valence-corrected chi connectivity index (χ3v) is 6.17. The summed E-state index contributed by atoms with van der Waals surface area (Å²) < 4.78 is 4.79. The average Bonchev–Trinajstić information content (AvgIpc) is 3.21. The fourth-order valence-electron chi connectivity index (χ4n) is 3.76. The van der Waals surface area contributed by atoms with Gasteiger partial charge in [0.05, 0.1) is 18.6 Å². The third-order valence-electron chi connectivity index (χ3n) is 5.05. The van der Waals surface area contributed by atoms with Gasteiger partial charge < -0.3 is 20.0 Å². The molecule has 1 fully saturated rings. The van der Waals surface area contributed by atoms with Crippen molar-refractivity contribution in [1.29, 1.82) is 0 Å². The number of rotatable bonds is 4. The number of thiophene rings is 1. The molecule has 1 N–H and O–H groups in total. The highest BCUT2D eigenvalue weighted by atomic mass is 32.1. The van der Waals surface area contributed by atoms with Crippen LogP contribution < -0.4 is 10.4 Å². The molecule has 0 unspecified atom stereocenters. The predicted molar refractivity (Wildman–Crippen MR) is 86.5 cm³/mol.